The van der Waals surface area contributed by atoms with Crippen LogP contribution in [-0.2, 0) is 6.18 Å². The molecule has 2 amide bonds. The fourth-order valence-electron chi connectivity index (χ4n) is 2.39. The van der Waals surface area contributed by atoms with E-state index in [0.29, 0.717) is 18.2 Å². The topological polar surface area (TPSA) is 71.3 Å². The number of rotatable bonds is 4. The summed E-state index contributed by atoms with van der Waals surface area (Å²) in [4.78, 5) is 24.1. The van der Waals surface area contributed by atoms with Gasteiger partial charge in [0.2, 0.25) is 0 Å². The lowest BCUT2D eigenvalue weighted by Gasteiger charge is -2.16. The standard InChI is InChI=1S/C19H11F5N2O3/c20-14-3-1-10(7-15(14)21)17(27)26-16-4-2-12(8-13(16)19(22,23)24)25-18(28)11-5-6-29-9-11/h1-9H,(H,25,28)(H,26,27). The lowest BCUT2D eigenvalue weighted by Crippen LogP contribution is -2.18. The summed E-state index contributed by atoms with van der Waals surface area (Å²) in [6, 6.07) is 6.23. The molecule has 2 aromatic carbocycles. The van der Waals surface area contributed by atoms with Crippen LogP contribution in [0, 0.1) is 11.6 Å². The largest absolute Gasteiger partial charge is 0.472 e. The molecule has 1 aromatic heterocycles. The van der Waals surface area contributed by atoms with Gasteiger partial charge in [-0.3, -0.25) is 9.59 Å². The lowest BCUT2D eigenvalue weighted by molar-refractivity contribution is -0.136. The van der Waals surface area contributed by atoms with Crippen molar-refractivity contribution in [2.75, 3.05) is 10.6 Å². The Bertz CT molecular complexity index is 1060. The van der Waals surface area contributed by atoms with Crippen molar-refractivity contribution < 1.29 is 36.0 Å². The van der Waals surface area contributed by atoms with Crippen LogP contribution in [-0.4, -0.2) is 11.8 Å². The molecule has 0 fully saturated rings. The van der Waals surface area contributed by atoms with Crippen LogP contribution in [0.15, 0.2) is 59.4 Å². The summed E-state index contributed by atoms with van der Waals surface area (Å²) in [7, 11) is 0. The van der Waals surface area contributed by atoms with Crippen molar-refractivity contribution in [3.8, 4) is 0 Å². The fraction of sp³-hybridized carbons (Fsp3) is 0.0526. The molecular weight excluding hydrogens is 399 g/mol. The number of nitrogens with one attached hydrogen (secondary N) is 2. The molecule has 0 radical (unpaired) electrons. The first-order valence-corrected chi connectivity index (χ1v) is 7.96. The van der Waals surface area contributed by atoms with Crippen molar-refractivity contribution in [1.82, 2.24) is 0 Å². The maximum absolute atomic E-state index is 13.4. The SMILES string of the molecule is O=C(Nc1ccc(NC(=O)c2ccc(F)c(F)c2)c(C(F)(F)F)c1)c1ccoc1. The number of furan rings is 1. The lowest BCUT2D eigenvalue weighted by atomic mass is 10.1. The van der Waals surface area contributed by atoms with Gasteiger partial charge in [-0.15, -0.1) is 0 Å². The van der Waals surface area contributed by atoms with Gasteiger partial charge in [-0.1, -0.05) is 0 Å². The van der Waals surface area contributed by atoms with Crippen molar-refractivity contribution in [2.24, 2.45) is 0 Å². The van der Waals surface area contributed by atoms with Crippen molar-refractivity contribution >= 4 is 23.2 Å². The van der Waals surface area contributed by atoms with Gasteiger partial charge in [0.05, 0.1) is 23.1 Å². The van der Waals surface area contributed by atoms with E-state index in [1.165, 1.54) is 12.3 Å². The summed E-state index contributed by atoms with van der Waals surface area (Å²) in [5.41, 5.74) is -2.29. The molecule has 0 unspecified atom stereocenters. The number of carbonyl (C=O) groups excluding carboxylic acids is 2. The van der Waals surface area contributed by atoms with Gasteiger partial charge in [-0.05, 0) is 42.5 Å². The Morgan fingerprint density at radius 2 is 1.55 bits per heavy atom. The summed E-state index contributed by atoms with van der Waals surface area (Å²) in [6.45, 7) is 0. The van der Waals surface area contributed by atoms with Crippen molar-refractivity contribution in [1.29, 1.82) is 0 Å². The molecule has 5 nitrogen and oxygen atoms in total. The van der Waals surface area contributed by atoms with Gasteiger partial charge in [0, 0.05) is 11.3 Å². The summed E-state index contributed by atoms with van der Waals surface area (Å²) in [5.74, 6) is -4.27. The molecule has 0 spiro atoms. The van der Waals surface area contributed by atoms with Gasteiger partial charge >= 0.3 is 6.18 Å². The first kappa shape index (κ1) is 20.1. The van der Waals surface area contributed by atoms with Crippen LogP contribution in [0.25, 0.3) is 0 Å². The first-order valence-electron chi connectivity index (χ1n) is 7.96. The number of carbonyl (C=O) groups is 2. The molecule has 0 aliphatic heterocycles. The van der Waals surface area contributed by atoms with E-state index in [9.17, 15) is 31.5 Å². The number of hydrogen-bond acceptors (Lipinski definition) is 3. The smallest absolute Gasteiger partial charge is 0.418 e. The van der Waals surface area contributed by atoms with Gasteiger partial charge in [0.25, 0.3) is 11.8 Å². The molecule has 1 heterocycles. The fourth-order valence-corrected chi connectivity index (χ4v) is 2.39. The number of hydrogen-bond donors (Lipinski definition) is 2. The van der Waals surface area contributed by atoms with E-state index in [1.807, 2.05) is 5.32 Å². The third-order valence-electron chi connectivity index (χ3n) is 3.80. The molecule has 0 saturated carbocycles. The summed E-state index contributed by atoms with van der Waals surface area (Å²) >= 11 is 0. The van der Waals surface area contributed by atoms with Crippen LogP contribution in [0.3, 0.4) is 0 Å². The molecule has 0 saturated heterocycles. The quantitative estimate of drug-likeness (QED) is 0.590. The predicted octanol–water partition coefficient (Wildman–Crippen LogP) is 5.08. The van der Waals surface area contributed by atoms with Crippen LogP contribution >= 0.6 is 0 Å². The predicted molar refractivity (Wildman–Crippen MR) is 92.4 cm³/mol. The minimum atomic E-state index is -4.87. The molecule has 0 atom stereocenters. The second-order valence-electron chi connectivity index (χ2n) is 5.81. The molecule has 2 N–H and O–H groups in total. The summed E-state index contributed by atoms with van der Waals surface area (Å²) in [5, 5.41) is 4.29. The third-order valence-corrected chi connectivity index (χ3v) is 3.80. The van der Waals surface area contributed by atoms with E-state index in [2.05, 4.69) is 5.32 Å². The maximum atomic E-state index is 13.4. The molecule has 0 aliphatic rings. The molecule has 150 valence electrons. The van der Waals surface area contributed by atoms with Crippen molar-refractivity contribution in [3.05, 3.63) is 83.3 Å². The zero-order valence-electron chi connectivity index (χ0n) is 14.3. The molecule has 0 bridgehead atoms. The summed E-state index contributed by atoms with van der Waals surface area (Å²) in [6.07, 6.45) is -2.52. The Labute approximate surface area is 160 Å². The van der Waals surface area contributed by atoms with Gasteiger partial charge in [0.1, 0.15) is 6.26 Å². The van der Waals surface area contributed by atoms with Gasteiger partial charge in [0.15, 0.2) is 11.6 Å². The maximum Gasteiger partial charge on any atom is 0.418 e. The van der Waals surface area contributed by atoms with Crippen LogP contribution in [0.1, 0.15) is 26.3 Å². The van der Waals surface area contributed by atoms with E-state index < -0.39 is 40.9 Å². The van der Waals surface area contributed by atoms with Crippen LogP contribution < -0.4 is 10.6 Å². The van der Waals surface area contributed by atoms with Crippen molar-refractivity contribution in [3.63, 3.8) is 0 Å². The average Bonchev–Trinajstić information content (AvgIpc) is 3.19. The Balaban J connectivity index is 1.87. The Morgan fingerprint density at radius 1 is 0.828 bits per heavy atom. The van der Waals surface area contributed by atoms with E-state index >= 15 is 0 Å². The number of alkyl halides is 3. The molecule has 3 aromatic rings. The number of halogens is 5. The monoisotopic (exact) mass is 410 g/mol. The second kappa shape index (κ2) is 7.74. The van der Waals surface area contributed by atoms with E-state index in [4.69, 9.17) is 4.42 Å². The summed E-state index contributed by atoms with van der Waals surface area (Å²) < 4.78 is 71.2. The Morgan fingerprint density at radius 3 is 2.17 bits per heavy atom. The second-order valence-corrected chi connectivity index (χ2v) is 5.81. The Kier molecular flexibility index (Phi) is 5.35. The zero-order chi connectivity index (χ0) is 21.2. The number of anilines is 2. The van der Waals surface area contributed by atoms with E-state index in [0.717, 1.165) is 24.5 Å². The molecule has 10 heteroatoms. The van der Waals surface area contributed by atoms with E-state index in [-0.39, 0.29) is 16.8 Å². The number of amides is 2. The highest BCUT2D eigenvalue weighted by Gasteiger charge is 2.34. The highest BCUT2D eigenvalue weighted by atomic mass is 19.4. The minimum absolute atomic E-state index is 0.106. The zero-order valence-corrected chi connectivity index (χ0v) is 14.3. The van der Waals surface area contributed by atoms with Gasteiger partial charge < -0.3 is 15.1 Å². The number of benzene rings is 2. The first-order chi connectivity index (χ1) is 13.6. The highest BCUT2D eigenvalue weighted by Crippen LogP contribution is 2.37. The minimum Gasteiger partial charge on any atom is -0.472 e. The Hall–Kier alpha value is -3.69. The third kappa shape index (κ3) is 4.60. The average molecular weight is 410 g/mol. The van der Waals surface area contributed by atoms with Crippen LogP contribution in [0.5, 0.6) is 0 Å². The molecular formula is C19H11F5N2O3. The highest BCUT2D eigenvalue weighted by molar-refractivity contribution is 6.06. The molecule has 0 aliphatic carbocycles. The van der Waals surface area contributed by atoms with E-state index in [1.54, 1.807) is 0 Å². The van der Waals surface area contributed by atoms with Gasteiger partial charge in [-0.2, -0.15) is 13.2 Å². The van der Waals surface area contributed by atoms with Crippen LogP contribution in [0.4, 0.5) is 33.3 Å². The normalized spacial score (nSPS) is 11.2. The van der Waals surface area contributed by atoms with Crippen LogP contribution in [0.2, 0.25) is 0 Å². The van der Waals surface area contributed by atoms with Crippen molar-refractivity contribution in [2.45, 2.75) is 6.18 Å². The molecule has 29 heavy (non-hydrogen) atoms. The molecule has 3 rings (SSSR count). The van der Waals surface area contributed by atoms with Gasteiger partial charge in [-0.25, -0.2) is 8.78 Å².